The molecular formula is C16H23N5O2. The van der Waals surface area contributed by atoms with Gasteiger partial charge in [0.1, 0.15) is 5.82 Å². The zero-order valence-electron chi connectivity index (χ0n) is 13.4. The quantitative estimate of drug-likeness (QED) is 0.886. The van der Waals surface area contributed by atoms with E-state index in [9.17, 15) is 9.59 Å². The maximum atomic E-state index is 12.6. The molecule has 1 aromatic rings. The van der Waals surface area contributed by atoms with Gasteiger partial charge in [0.15, 0.2) is 0 Å². The van der Waals surface area contributed by atoms with E-state index in [2.05, 4.69) is 15.5 Å². The molecule has 1 N–H and O–H groups in total. The number of piperidine rings is 1. The Morgan fingerprint density at radius 3 is 2.78 bits per heavy atom. The average molecular weight is 317 g/mol. The van der Waals surface area contributed by atoms with E-state index in [4.69, 9.17) is 0 Å². The standard InChI is InChI=1S/C16H23N5O2/c1-2-20-11-12(10-15(20)22)16(23)21-8-5-13(6-9-21)18-14-4-3-7-17-19-14/h3-4,7,12-13H,2,5-6,8-11H2,1H3,(H,18,19). The molecule has 2 amide bonds. The van der Waals surface area contributed by atoms with Crippen LogP contribution in [0.2, 0.25) is 0 Å². The predicted molar refractivity (Wildman–Crippen MR) is 85.6 cm³/mol. The van der Waals surface area contributed by atoms with Crippen LogP contribution >= 0.6 is 0 Å². The maximum Gasteiger partial charge on any atom is 0.227 e. The second kappa shape index (κ2) is 6.93. The van der Waals surface area contributed by atoms with Gasteiger partial charge < -0.3 is 15.1 Å². The largest absolute Gasteiger partial charge is 0.366 e. The Morgan fingerprint density at radius 1 is 1.39 bits per heavy atom. The number of carbonyl (C=O) groups is 2. The van der Waals surface area contributed by atoms with Crippen LogP contribution in [0.4, 0.5) is 5.82 Å². The molecule has 2 saturated heterocycles. The monoisotopic (exact) mass is 317 g/mol. The predicted octanol–water partition coefficient (Wildman–Crippen LogP) is 0.748. The molecule has 2 fully saturated rings. The van der Waals surface area contributed by atoms with E-state index in [-0.39, 0.29) is 17.7 Å². The third-order valence-electron chi connectivity index (χ3n) is 4.68. The third-order valence-corrected chi connectivity index (χ3v) is 4.68. The van der Waals surface area contributed by atoms with E-state index in [0.29, 0.717) is 25.6 Å². The van der Waals surface area contributed by atoms with Gasteiger partial charge in [-0.25, -0.2) is 0 Å². The second-order valence-corrected chi connectivity index (χ2v) is 6.19. The smallest absolute Gasteiger partial charge is 0.227 e. The van der Waals surface area contributed by atoms with Gasteiger partial charge in [0.25, 0.3) is 0 Å². The molecule has 7 heteroatoms. The van der Waals surface area contributed by atoms with Crippen molar-refractivity contribution in [2.45, 2.75) is 32.2 Å². The van der Waals surface area contributed by atoms with Crippen molar-refractivity contribution in [3.8, 4) is 0 Å². The van der Waals surface area contributed by atoms with E-state index in [1.807, 2.05) is 24.0 Å². The molecule has 1 atom stereocenters. The number of likely N-dealkylation sites (tertiary alicyclic amines) is 2. The molecule has 23 heavy (non-hydrogen) atoms. The topological polar surface area (TPSA) is 78.4 Å². The number of anilines is 1. The van der Waals surface area contributed by atoms with Gasteiger partial charge in [-0.3, -0.25) is 9.59 Å². The highest BCUT2D eigenvalue weighted by Gasteiger charge is 2.36. The minimum Gasteiger partial charge on any atom is -0.366 e. The van der Waals surface area contributed by atoms with Crippen molar-refractivity contribution in [1.82, 2.24) is 20.0 Å². The molecular weight excluding hydrogens is 294 g/mol. The Balaban J connectivity index is 1.49. The van der Waals surface area contributed by atoms with Gasteiger partial charge >= 0.3 is 0 Å². The number of nitrogens with one attached hydrogen (secondary N) is 1. The Kier molecular flexibility index (Phi) is 4.73. The van der Waals surface area contributed by atoms with Crippen LogP contribution in [-0.4, -0.2) is 64.0 Å². The Hall–Kier alpha value is -2.18. The summed E-state index contributed by atoms with van der Waals surface area (Å²) in [5, 5.41) is 11.2. The van der Waals surface area contributed by atoms with Crippen molar-refractivity contribution in [1.29, 1.82) is 0 Å². The number of hydrogen-bond donors (Lipinski definition) is 1. The van der Waals surface area contributed by atoms with Gasteiger partial charge in [-0.05, 0) is 31.9 Å². The van der Waals surface area contributed by atoms with E-state index in [1.54, 1.807) is 11.1 Å². The van der Waals surface area contributed by atoms with Crippen LogP contribution in [0.5, 0.6) is 0 Å². The van der Waals surface area contributed by atoms with Crippen LogP contribution in [0.25, 0.3) is 0 Å². The van der Waals surface area contributed by atoms with E-state index < -0.39 is 0 Å². The highest BCUT2D eigenvalue weighted by molar-refractivity contribution is 5.89. The molecule has 2 aliphatic rings. The van der Waals surface area contributed by atoms with Crippen LogP contribution in [0, 0.1) is 5.92 Å². The molecule has 2 aliphatic heterocycles. The van der Waals surface area contributed by atoms with Gasteiger partial charge in [0, 0.05) is 44.8 Å². The average Bonchev–Trinajstić information content (AvgIpc) is 2.97. The highest BCUT2D eigenvalue weighted by Crippen LogP contribution is 2.22. The zero-order chi connectivity index (χ0) is 16.2. The number of rotatable bonds is 4. The van der Waals surface area contributed by atoms with Crippen molar-refractivity contribution in [2.24, 2.45) is 5.92 Å². The number of nitrogens with zero attached hydrogens (tertiary/aromatic N) is 4. The lowest BCUT2D eigenvalue weighted by molar-refractivity contribution is -0.136. The van der Waals surface area contributed by atoms with E-state index in [1.165, 1.54) is 0 Å². The van der Waals surface area contributed by atoms with Gasteiger partial charge in [0.05, 0.1) is 5.92 Å². The SMILES string of the molecule is CCN1CC(C(=O)N2CCC(Nc3cccnn3)CC2)CC1=O. The fraction of sp³-hybridized carbons (Fsp3) is 0.625. The summed E-state index contributed by atoms with van der Waals surface area (Å²) >= 11 is 0. The van der Waals surface area contributed by atoms with Gasteiger partial charge in [-0.15, -0.1) is 5.10 Å². The molecule has 3 rings (SSSR count). The molecule has 0 saturated carbocycles. The number of hydrogen-bond acceptors (Lipinski definition) is 5. The van der Waals surface area contributed by atoms with Crippen LogP contribution < -0.4 is 5.32 Å². The lowest BCUT2D eigenvalue weighted by Gasteiger charge is -2.34. The summed E-state index contributed by atoms with van der Waals surface area (Å²) in [5.74, 6) is 0.849. The van der Waals surface area contributed by atoms with Crippen molar-refractivity contribution >= 4 is 17.6 Å². The van der Waals surface area contributed by atoms with E-state index in [0.717, 1.165) is 31.7 Å². The van der Waals surface area contributed by atoms with Gasteiger partial charge in [0.2, 0.25) is 11.8 Å². The summed E-state index contributed by atoms with van der Waals surface area (Å²) in [7, 11) is 0. The first-order valence-electron chi connectivity index (χ1n) is 8.28. The van der Waals surface area contributed by atoms with Crippen molar-refractivity contribution in [2.75, 3.05) is 31.5 Å². The van der Waals surface area contributed by atoms with Gasteiger partial charge in [-0.1, -0.05) is 0 Å². The molecule has 0 aromatic carbocycles. The van der Waals surface area contributed by atoms with Crippen molar-refractivity contribution < 1.29 is 9.59 Å². The van der Waals surface area contributed by atoms with Crippen LogP contribution in [-0.2, 0) is 9.59 Å². The first-order chi connectivity index (χ1) is 11.2. The summed E-state index contributed by atoms with van der Waals surface area (Å²) in [6.07, 6.45) is 3.79. The van der Waals surface area contributed by atoms with Crippen LogP contribution in [0.1, 0.15) is 26.2 Å². The first kappa shape index (κ1) is 15.7. The van der Waals surface area contributed by atoms with Gasteiger partial charge in [-0.2, -0.15) is 5.10 Å². The fourth-order valence-electron chi connectivity index (χ4n) is 3.33. The molecule has 1 aromatic heterocycles. The molecule has 0 bridgehead atoms. The third kappa shape index (κ3) is 3.60. The Labute approximate surface area is 136 Å². The summed E-state index contributed by atoms with van der Waals surface area (Å²) < 4.78 is 0. The molecule has 0 aliphatic carbocycles. The summed E-state index contributed by atoms with van der Waals surface area (Å²) in [4.78, 5) is 28.0. The molecule has 124 valence electrons. The summed E-state index contributed by atoms with van der Waals surface area (Å²) in [6.45, 7) is 4.67. The fourth-order valence-corrected chi connectivity index (χ4v) is 3.33. The highest BCUT2D eigenvalue weighted by atomic mass is 16.2. The minimum absolute atomic E-state index is 0.102. The molecule has 7 nitrogen and oxygen atoms in total. The van der Waals surface area contributed by atoms with Crippen molar-refractivity contribution in [3.05, 3.63) is 18.3 Å². The lowest BCUT2D eigenvalue weighted by Crippen LogP contribution is -2.45. The first-order valence-corrected chi connectivity index (χ1v) is 8.28. The summed E-state index contributed by atoms with van der Waals surface area (Å²) in [6, 6.07) is 4.06. The Morgan fingerprint density at radius 2 is 2.17 bits per heavy atom. The van der Waals surface area contributed by atoms with E-state index >= 15 is 0 Å². The summed E-state index contributed by atoms with van der Waals surface area (Å²) in [5.41, 5.74) is 0. The second-order valence-electron chi connectivity index (χ2n) is 6.19. The zero-order valence-corrected chi connectivity index (χ0v) is 13.4. The number of carbonyl (C=O) groups excluding carboxylic acids is 2. The molecule has 0 radical (unpaired) electrons. The number of aromatic nitrogens is 2. The molecule has 1 unspecified atom stereocenters. The van der Waals surface area contributed by atoms with Crippen LogP contribution in [0.3, 0.4) is 0 Å². The van der Waals surface area contributed by atoms with Crippen LogP contribution in [0.15, 0.2) is 18.3 Å². The molecule has 3 heterocycles. The maximum absolute atomic E-state index is 12.6. The molecule has 0 spiro atoms. The normalized spacial score (nSPS) is 22.5. The Bertz CT molecular complexity index is 557. The van der Waals surface area contributed by atoms with Crippen molar-refractivity contribution in [3.63, 3.8) is 0 Å². The lowest BCUT2D eigenvalue weighted by atomic mass is 10.0. The minimum atomic E-state index is -0.160. The number of amides is 2.